The lowest BCUT2D eigenvalue weighted by Gasteiger charge is -2.18. The number of methoxy groups -OCH3 is 1. The molecule has 2 unspecified atom stereocenters. The maximum absolute atomic E-state index is 11.3. The Morgan fingerprint density at radius 1 is 1.44 bits per heavy atom. The van der Waals surface area contributed by atoms with Gasteiger partial charge in [-0.1, -0.05) is 29.3 Å². The number of aliphatic hydroxyl groups is 1. The molecule has 0 radical (unpaired) electrons. The smallest absolute Gasteiger partial charge is 0.311 e. The summed E-state index contributed by atoms with van der Waals surface area (Å²) >= 11 is 11.7. The Morgan fingerprint density at radius 3 is 2.56 bits per heavy atom. The van der Waals surface area contributed by atoms with Crippen LogP contribution >= 0.6 is 23.2 Å². The third kappa shape index (κ3) is 2.88. The molecule has 0 aliphatic carbocycles. The summed E-state index contributed by atoms with van der Waals surface area (Å²) < 4.78 is 4.55. The molecule has 16 heavy (non-hydrogen) atoms. The zero-order valence-corrected chi connectivity index (χ0v) is 10.4. The van der Waals surface area contributed by atoms with Gasteiger partial charge in [0.1, 0.15) is 0 Å². The molecule has 1 rings (SSSR count). The molecule has 3 nitrogen and oxygen atoms in total. The summed E-state index contributed by atoms with van der Waals surface area (Å²) in [4.78, 5) is 11.3. The highest BCUT2D eigenvalue weighted by molar-refractivity contribution is 6.35. The Hall–Kier alpha value is -0.770. The van der Waals surface area contributed by atoms with E-state index in [9.17, 15) is 9.90 Å². The first-order valence-electron chi connectivity index (χ1n) is 4.68. The third-order valence-corrected chi connectivity index (χ3v) is 2.89. The van der Waals surface area contributed by atoms with E-state index in [1.54, 1.807) is 19.1 Å². The lowest BCUT2D eigenvalue weighted by Crippen LogP contribution is -2.20. The van der Waals surface area contributed by atoms with Crippen molar-refractivity contribution in [1.29, 1.82) is 0 Å². The number of halogens is 2. The van der Waals surface area contributed by atoms with Crippen LogP contribution in [0.25, 0.3) is 0 Å². The Kier molecular flexibility index (Phi) is 4.59. The molecular formula is C11H12Cl2O3. The predicted molar refractivity (Wildman–Crippen MR) is 62.6 cm³/mol. The first kappa shape index (κ1) is 13.3. The van der Waals surface area contributed by atoms with Gasteiger partial charge in [0, 0.05) is 15.6 Å². The molecule has 0 aliphatic heterocycles. The predicted octanol–water partition coefficient (Wildman–Crippen LogP) is 2.84. The quantitative estimate of drug-likeness (QED) is 0.853. The summed E-state index contributed by atoms with van der Waals surface area (Å²) in [6, 6.07) is 4.72. The van der Waals surface area contributed by atoms with Crippen molar-refractivity contribution in [2.24, 2.45) is 5.92 Å². The molecule has 0 bridgehead atoms. The minimum Gasteiger partial charge on any atom is -0.469 e. The van der Waals surface area contributed by atoms with Crippen molar-refractivity contribution in [3.63, 3.8) is 0 Å². The van der Waals surface area contributed by atoms with Crippen LogP contribution in [0.15, 0.2) is 18.2 Å². The molecule has 0 amide bonds. The van der Waals surface area contributed by atoms with Gasteiger partial charge in [0.2, 0.25) is 0 Å². The van der Waals surface area contributed by atoms with Gasteiger partial charge < -0.3 is 9.84 Å². The number of benzene rings is 1. The van der Waals surface area contributed by atoms with E-state index in [0.717, 1.165) is 0 Å². The second kappa shape index (κ2) is 5.53. The number of rotatable bonds is 3. The highest BCUT2D eigenvalue weighted by Crippen LogP contribution is 2.30. The van der Waals surface area contributed by atoms with Crippen molar-refractivity contribution < 1.29 is 14.6 Å². The number of esters is 1. The summed E-state index contributed by atoms with van der Waals surface area (Å²) in [5.41, 5.74) is 0.462. The van der Waals surface area contributed by atoms with Crippen LogP contribution in [-0.4, -0.2) is 18.2 Å². The Bertz CT molecular complexity index is 393. The van der Waals surface area contributed by atoms with Gasteiger partial charge in [-0.2, -0.15) is 0 Å². The molecule has 0 heterocycles. The number of ether oxygens (including phenoxy) is 1. The molecule has 0 saturated carbocycles. The van der Waals surface area contributed by atoms with Gasteiger partial charge >= 0.3 is 5.97 Å². The molecule has 2 atom stereocenters. The normalized spacial score (nSPS) is 14.3. The van der Waals surface area contributed by atoms with Crippen LogP contribution in [0, 0.1) is 5.92 Å². The number of aliphatic hydroxyl groups excluding tert-OH is 1. The van der Waals surface area contributed by atoms with E-state index >= 15 is 0 Å². The third-order valence-electron chi connectivity index (χ3n) is 2.33. The van der Waals surface area contributed by atoms with Gasteiger partial charge in [0.15, 0.2) is 0 Å². The van der Waals surface area contributed by atoms with Gasteiger partial charge in [0.05, 0.1) is 19.1 Å². The molecule has 0 saturated heterocycles. The SMILES string of the molecule is COC(=O)C(C)C(O)c1ccc(Cl)cc1Cl. The van der Waals surface area contributed by atoms with Crippen LogP contribution in [0.4, 0.5) is 0 Å². The number of carbonyl (C=O) groups excluding carboxylic acids is 1. The summed E-state index contributed by atoms with van der Waals surface area (Å²) in [5.74, 6) is -1.16. The summed E-state index contributed by atoms with van der Waals surface area (Å²) in [5, 5.41) is 10.7. The lowest BCUT2D eigenvalue weighted by molar-refractivity contribution is -0.148. The van der Waals surface area contributed by atoms with Crippen LogP contribution in [-0.2, 0) is 9.53 Å². The summed E-state index contributed by atoms with van der Waals surface area (Å²) in [7, 11) is 1.27. The molecule has 0 aromatic heterocycles. The fourth-order valence-electron chi connectivity index (χ4n) is 1.33. The van der Waals surface area contributed by atoms with Crippen LogP contribution in [0.3, 0.4) is 0 Å². The Labute approximate surface area is 104 Å². The number of hydrogen-bond acceptors (Lipinski definition) is 3. The van der Waals surface area contributed by atoms with E-state index in [0.29, 0.717) is 15.6 Å². The molecule has 5 heteroatoms. The van der Waals surface area contributed by atoms with Gasteiger partial charge in [-0.25, -0.2) is 0 Å². The minimum absolute atomic E-state index is 0.329. The molecule has 0 spiro atoms. The maximum Gasteiger partial charge on any atom is 0.311 e. The first-order chi connectivity index (χ1) is 7.47. The van der Waals surface area contributed by atoms with Crippen LogP contribution in [0.1, 0.15) is 18.6 Å². The van der Waals surface area contributed by atoms with Gasteiger partial charge in [-0.15, -0.1) is 0 Å². The van der Waals surface area contributed by atoms with E-state index < -0.39 is 18.0 Å². The van der Waals surface area contributed by atoms with E-state index in [4.69, 9.17) is 23.2 Å². The van der Waals surface area contributed by atoms with Crippen molar-refractivity contribution in [2.45, 2.75) is 13.0 Å². The van der Waals surface area contributed by atoms with Crippen molar-refractivity contribution in [3.05, 3.63) is 33.8 Å². The highest BCUT2D eigenvalue weighted by Gasteiger charge is 2.25. The lowest BCUT2D eigenvalue weighted by atomic mass is 9.97. The molecule has 1 aromatic rings. The van der Waals surface area contributed by atoms with Crippen LogP contribution in [0.2, 0.25) is 10.0 Å². The summed E-state index contributed by atoms with van der Waals surface area (Å²) in [6.45, 7) is 1.57. The Morgan fingerprint density at radius 2 is 2.06 bits per heavy atom. The largest absolute Gasteiger partial charge is 0.469 e. The summed E-state index contributed by atoms with van der Waals surface area (Å²) in [6.07, 6.45) is -1.00. The first-order valence-corrected chi connectivity index (χ1v) is 5.43. The van der Waals surface area contributed by atoms with E-state index in [-0.39, 0.29) is 0 Å². The van der Waals surface area contributed by atoms with Gasteiger partial charge in [-0.3, -0.25) is 4.79 Å². The average Bonchev–Trinajstić information content (AvgIpc) is 2.26. The van der Waals surface area contributed by atoms with E-state index in [1.165, 1.54) is 13.2 Å². The monoisotopic (exact) mass is 262 g/mol. The molecule has 0 fully saturated rings. The molecular weight excluding hydrogens is 251 g/mol. The zero-order chi connectivity index (χ0) is 12.3. The van der Waals surface area contributed by atoms with Crippen molar-refractivity contribution in [1.82, 2.24) is 0 Å². The van der Waals surface area contributed by atoms with Crippen LogP contribution < -0.4 is 0 Å². The topological polar surface area (TPSA) is 46.5 Å². The maximum atomic E-state index is 11.3. The standard InChI is InChI=1S/C11H12Cl2O3/c1-6(11(15)16-2)10(14)8-4-3-7(12)5-9(8)13/h3-6,10,14H,1-2H3. The molecule has 1 aromatic carbocycles. The van der Waals surface area contributed by atoms with Crippen molar-refractivity contribution in [2.75, 3.05) is 7.11 Å². The molecule has 1 N–H and O–H groups in total. The Balaban J connectivity index is 2.96. The fraction of sp³-hybridized carbons (Fsp3) is 0.364. The molecule has 0 aliphatic rings. The van der Waals surface area contributed by atoms with Gasteiger partial charge in [0.25, 0.3) is 0 Å². The molecule has 88 valence electrons. The zero-order valence-electron chi connectivity index (χ0n) is 8.91. The van der Waals surface area contributed by atoms with Crippen molar-refractivity contribution in [3.8, 4) is 0 Å². The van der Waals surface area contributed by atoms with Gasteiger partial charge in [-0.05, 0) is 19.1 Å². The van der Waals surface area contributed by atoms with Crippen LogP contribution in [0.5, 0.6) is 0 Å². The second-order valence-electron chi connectivity index (χ2n) is 3.42. The average molecular weight is 263 g/mol. The number of carbonyl (C=O) groups is 1. The van der Waals surface area contributed by atoms with Crippen molar-refractivity contribution >= 4 is 29.2 Å². The second-order valence-corrected chi connectivity index (χ2v) is 4.27. The minimum atomic E-state index is -1.00. The van der Waals surface area contributed by atoms with E-state index in [1.807, 2.05) is 0 Å². The fourth-order valence-corrected chi connectivity index (χ4v) is 1.85. The highest BCUT2D eigenvalue weighted by atomic mass is 35.5. The van der Waals surface area contributed by atoms with E-state index in [2.05, 4.69) is 4.74 Å². The number of hydrogen-bond donors (Lipinski definition) is 1.